The number of rotatable bonds is 5. The van der Waals surface area contributed by atoms with Crippen LogP contribution in [0.15, 0.2) is 36.7 Å². The molecule has 0 fully saturated rings. The second-order valence-corrected chi connectivity index (χ2v) is 5.25. The van der Waals surface area contributed by atoms with E-state index in [2.05, 4.69) is 9.84 Å². The molecule has 2 rings (SSSR count). The molecule has 130 valence electrons. The maximum absolute atomic E-state index is 12.7. The minimum absolute atomic E-state index is 0.00322. The van der Waals surface area contributed by atoms with E-state index in [1.54, 1.807) is 32.2 Å². The quantitative estimate of drug-likeness (QED) is 0.759. The second kappa shape index (κ2) is 7.12. The van der Waals surface area contributed by atoms with Crippen LogP contribution in [0.2, 0.25) is 0 Å². The molecular formula is C15H15ClF3N3O2. The lowest BCUT2D eigenvalue weighted by molar-refractivity contribution is -0.274. The highest BCUT2D eigenvalue weighted by atomic mass is 35.5. The van der Waals surface area contributed by atoms with E-state index in [9.17, 15) is 18.0 Å². The van der Waals surface area contributed by atoms with Crippen LogP contribution in [0.5, 0.6) is 5.75 Å². The molecule has 0 aliphatic carbocycles. The number of ether oxygens (including phenoxy) is 1. The summed E-state index contributed by atoms with van der Waals surface area (Å²) in [4.78, 5) is 13.5. The molecule has 24 heavy (non-hydrogen) atoms. The Kier molecular flexibility index (Phi) is 5.38. The van der Waals surface area contributed by atoms with Crippen molar-refractivity contribution in [1.29, 1.82) is 0 Å². The Hall–Kier alpha value is -2.22. The van der Waals surface area contributed by atoms with Gasteiger partial charge in [0.05, 0.1) is 5.69 Å². The Morgan fingerprint density at radius 3 is 2.67 bits per heavy atom. The lowest BCUT2D eigenvalue weighted by atomic mass is 10.1. The topological polar surface area (TPSA) is 47.4 Å². The predicted molar refractivity (Wildman–Crippen MR) is 83.0 cm³/mol. The van der Waals surface area contributed by atoms with Crippen molar-refractivity contribution in [2.24, 2.45) is 0 Å². The van der Waals surface area contributed by atoms with Crippen LogP contribution in [-0.4, -0.2) is 27.9 Å². The molecule has 0 bridgehead atoms. The van der Waals surface area contributed by atoms with E-state index in [0.29, 0.717) is 5.56 Å². The third kappa shape index (κ3) is 4.00. The number of para-hydroxylation sites is 1. The van der Waals surface area contributed by atoms with Crippen LogP contribution in [0.1, 0.15) is 18.7 Å². The molecule has 0 saturated carbocycles. The lowest BCUT2D eigenvalue weighted by Crippen LogP contribution is -2.38. The Bertz CT molecular complexity index is 704. The van der Waals surface area contributed by atoms with Gasteiger partial charge in [0.1, 0.15) is 12.0 Å². The average Bonchev–Trinajstić information content (AvgIpc) is 3.02. The summed E-state index contributed by atoms with van der Waals surface area (Å²) in [6.45, 7) is 3.21. The minimum atomic E-state index is -4.88. The molecular weight excluding hydrogens is 347 g/mol. The summed E-state index contributed by atoms with van der Waals surface area (Å²) in [6, 6.07) is 5.80. The number of nitrogens with zero attached hydrogens (tertiary/aromatic N) is 3. The first-order valence-corrected chi connectivity index (χ1v) is 7.50. The zero-order valence-electron chi connectivity index (χ0n) is 12.9. The highest BCUT2D eigenvalue weighted by molar-refractivity contribution is 6.29. The molecule has 1 amide bonds. The number of benzene rings is 1. The first kappa shape index (κ1) is 18.1. The number of amides is 1. The van der Waals surface area contributed by atoms with Crippen molar-refractivity contribution in [2.75, 3.05) is 10.8 Å². The van der Waals surface area contributed by atoms with Gasteiger partial charge in [-0.15, -0.1) is 24.8 Å². The van der Waals surface area contributed by atoms with Crippen molar-refractivity contribution in [3.8, 4) is 5.75 Å². The van der Waals surface area contributed by atoms with Crippen molar-refractivity contribution in [3.05, 3.63) is 42.2 Å². The van der Waals surface area contributed by atoms with Gasteiger partial charge in [0, 0.05) is 12.4 Å². The molecule has 1 aromatic heterocycles. The highest BCUT2D eigenvalue weighted by Crippen LogP contribution is 2.38. The Balaban J connectivity index is 2.56. The molecule has 5 nitrogen and oxygen atoms in total. The summed E-state index contributed by atoms with van der Waals surface area (Å²) >= 11 is 5.66. The summed E-state index contributed by atoms with van der Waals surface area (Å²) in [6.07, 6.45) is -2.47. The summed E-state index contributed by atoms with van der Waals surface area (Å²) in [5.41, 5.74) is 0.442. The number of alkyl halides is 4. The SMILES string of the molecule is Cc1cccc(OC(F)(F)F)c1N(C(=O)CCl)C(C)n1cccn1. The highest BCUT2D eigenvalue weighted by Gasteiger charge is 2.35. The van der Waals surface area contributed by atoms with Gasteiger partial charge in [-0.3, -0.25) is 9.69 Å². The van der Waals surface area contributed by atoms with Crippen molar-refractivity contribution in [1.82, 2.24) is 9.78 Å². The predicted octanol–water partition coefficient (Wildman–Crippen LogP) is 3.88. The van der Waals surface area contributed by atoms with Gasteiger partial charge in [0.2, 0.25) is 5.91 Å². The van der Waals surface area contributed by atoms with Crippen LogP contribution >= 0.6 is 11.6 Å². The van der Waals surface area contributed by atoms with Crippen LogP contribution in [0.4, 0.5) is 18.9 Å². The van der Waals surface area contributed by atoms with Crippen LogP contribution in [0, 0.1) is 6.92 Å². The molecule has 0 radical (unpaired) electrons. The van der Waals surface area contributed by atoms with Gasteiger partial charge < -0.3 is 4.74 Å². The maximum Gasteiger partial charge on any atom is 0.573 e. The zero-order chi connectivity index (χ0) is 17.9. The van der Waals surface area contributed by atoms with Crippen molar-refractivity contribution >= 4 is 23.2 Å². The molecule has 9 heteroatoms. The van der Waals surface area contributed by atoms with Gasteiger partial charge in [-0.2, -0.15) is 5.10 Å². The third-order valence-electron chi connectivity index (χ3n) is 3.33. The number of aryl methyl sites for hydroxylation is 1. The average molecular weight is 362 g/mol. The number of carbonyl (C=O) groups is 1. The molecule has 0 spiro atoms. The van der Waals surface area contributed by atoms with E-state index in [-0.39, 0.29) is 5.69 Å². The molecule has 0 saturated heterocycles. The number of anilines is 1. The van der Waals surface area contributed by atoms with Gasteiger partial charge in [-0.05, 0) is 31.5 Å². The van der Waals surface area contributed by atoms with E-state index in [1.165, 1.54) is 16.9 Å². The van der Waals surface area contributed by atoms with Gasteiger partial charge in [0.15, 0.2) is 5.75 Å². The molecule has 0 N–H and O–H groups in total. The Labute approximate surface area is 141 Å². The normalized spacial score (nSPS) is 12.8. The molecule has 1 heterocycles. The van der Waals surface area contributed by atoms with E-state index in [4.69, 9.17) is 11.6 Å². The number of aromatic nitrogens is 2. The smallest absolute Gasteiger partial charge is 0.404 e. The third-order valence-corrected chi connectivity index (χ3v) is 3.56. The molecule has 1 atom stereocenters. The van der Waals surface area contributed by atoms with Crippen LogP contribution < -0.4 is 9.64 Å². The van der Waals surface area contributed by atoms with Gasteiger partial charge >= 0.3 is 6.36 Å². The fraction of sp³-hybridized carbons (Fsp3) is 0.333. The monoisotopic (exact) mass is 361 g/mol. The van der Waals surface area contributed by atoms with Gasteiger partial charge in [-0.25, -0.2) is 4.68 Å². The number of hydrogen-bond acceptors (Lipinski definition) is 3. The molecule has 1 unspecified atom stereocenters. The van der Waals surface area contributed by atoms with Crippen molar-refractivity contribution < 1.29 is 22.7 Å². The molecule has 0 aliphatic rings. The van der Waals surface area contributed by atoms with Crippen molar-refractivity contribution in [3.63, 3.8) is 0 Å². The number of halogens is 4. The lowest BCUT2D eigenvalue weighted by Gasteiger charge is -2.31. The van der Waals surface area contributed by atoms with Crippen LogP contribution in [0.3, 0.4) is 0 Å². The Morgan fingerprint density at radius 1 is 1.42 bits per heavy atom. The van der Waals surface area contributed by atoms with E-state index in [1.807, 2.05) is 0 Å². The van der Waals surface area contributed by atoms with E-state index < -0.39 is 30.1 Å². The standard InChI is InChI=1S/C15H15ClF3N3O2/c1-10-5-3-6-12(24-15(17,18)19)14(10)22(13(23)9-16)11(2)21-8-4-7-20-21/h3-8,11H,9H2,1-2H3. The van der Waals surface area contributed by atoms with Crippen LogP contribution in [-0.2, 0) is 4.79 Å². The first-order valence-electron chi connectivity index (χ1n) is 6.97. The first-order chi connectivity index (χ1) is 11.2. The zero-order valence-corrected chi connectivity index (χ0v) is 13.7. The van der Waals surface area contributed by atoms with E-state index in [0.717, 1.165) is 11.0 Å². The van der Waals surface area contributed by atoms with Crippen molar-refractivity contribution in [2.45, 2.75) is 26.4 Å². The fourth-order valence-corrected chi connectivity index (χ4v) is 2.48. The molecule has 2 aromatic rings. The number of carbonyl (C=O) groups excluding carboxylic acids is 1. The summed E-state index contributed by atoms with van der Waals surface area (Å²) in [5, 5.41) is 4.03. The number of hydrogen-bond donors (Lipinski definition) is 0. The largest absolute Gasteiger partial charge is 0.573 e. The fourth-order valence-electron chi connectivity index (χ4n) is 2.35. The Morgan fingerprint density at radius 2 is 2.12 bits per heavy atom. The van der Waals surface area contributed by atoms with Gasteiger partial charge in [-0.1, -0.05) is 12.1 Å². The van der Waals surface area contributed by atoms with Crippen LogP contribution in [0.25, 0.3) is 0 Å². The second-order valence-electron chi connectivity index (χ2n) is 4.98. The molecule has 1 aromatic carbocycles. The summed E-state index contributed by atoms with van der Waals surface area (Å²) in [5.74, 6) is -1.44. The summed E-state index contributed by atoms with van der Waals surface area (Å²) in [7, 11) is 0. The molecule has 0 aliphatic heterocycles. The maximum atomic E-state index is 12.7. The summed E-state index contributed by atoms with van der Waals surface area (Å²) < 4.78 is 43.6. The van der Waals surface area contributed by atoms with E-state index >= 15 is 0 Å². The van der Waals surface area contributed by atoms with Gasteiger partial charge in [0.25, 0.3) is 0 Å². The minimum Gasteiger partial charge on any atom is -0.404 e.